The zero-order valence-corrected chi connectivity index (χ0v) is 11.8. The van der Waals surface area contributed by atoms with Gasteiger partial charge in [0.1, 0.15) is 0 Å². The molecule has 114 valence electrons. The van der Waals surface area contributed by atoms with E-state index in [0.717, 1.165) is 18.9 Å². The Hall–Kier alpha value is -1.92. The van der Waals surface area contributed by atoms with Crippen LogP contribution in [0.3, 0.4) is 0 Å². The van der Waals surface area contributed by atoms with Gasteiger partial charge >= 0.3 is 0 Å². The van der Waals surface area contributed by atoms with Crippen LogP contribution in [0, 0.1) is 17.6 Å². The maximum atomic E-state index is 14.0. The summed E-state index contributed by atoms with van der Waals surface area (Å²) in [5, 5.41) is 5.61. The van der Waals surface area contributed by atoms with E-state index in [1.165, 1.54) is 0 Å². The van der Waals surface area contributed by atoms with Crippen LogP contribution in [0.5, 0.6) is 0 Å². The molecule has 2 saturated heterocycles. The van der Waals surface area contributed by atoms with Gasteiger partial charge in [-0.15, -0.1) is 0 Å². The number of hydrogen-bond donors (Lipinski definition) is 2. The molecule has 1 amide bonds. The molecule has 0 spiro atoms. The van der Waals surface area contributed by atoms with E-state index in [1.54, 1.807) is 7.05 Å². The van der Waals surface area contributed by atoms with Gasteiger partial charge in [0.15, 0.2) is 23.3 Å². The highest BCUT2D eigenvalue weighted by molar-refractivity contribution is 5.77. The van der Waals surface area contributed by atoms with Crippen LogP contribution in [0.1, 0.15) is 19.3 Å². The number of anilines is 2. The Morgan fingerprint density at radius 1 is 1.38 bits per heavy atom. The normalized spacial score (nSPS) is 25.3. The molecule has 0 aromatic carbocycles. The molecule has 2 aliphatic rings. The van der Waals surface area contributed by atoms with Crippen molar-refractivity contribution >= 4 is 17.5 Å². The Morgan fingerprint density at radius 3 is 2.95 bits per heavy atom. The van der Waals surface area contributed by atoms with Gasteiger partial charge in [-0.25, -0.2) is 13.8 Å². The summed E-state index contributed by atoms with van der Waals surface area (Å²) in [6.45, 7) is 1.23. The van der Waals surface area contributed by atoms with Gasteiger partial charge in [-0.05, 0) is 18.8 Å². The Bertz CT molecular complexity index is 566. The number of halogens is 2. The first-order chi connectivity index (χ1) is 10.1. The molecule has 2 unspecified atom stereocenters. The Morgan fingerprint density at radius 2 is 2.19 bits per heavy atom. The first-order valence-corrected chi connectivity index (χ1v) is 7.16. The highest BCUT2D eigenvalue weighted by Crippen LogP contribution is 2.30. The number of carbonyl (C=O) groups excluding carboxylic acids is 1. The minimum atomic E-state index is -0.696. The number of rotatable bonds is 2. The molecule has 3 heterocycles. The van der Waals surface area contributed by atoms with E-state index < -0.39 is 11.6 Å². The number of aromatic nitrogens is 1. The van der Waals surface area contributed by atoms with E-state index in [-0.39, 0.29) is 23.6 Å². The number of nitrogens with zero attached hydrogens (tertiary/aromatic N) is 2. The second-order valence-electron chi connectivity index (χ2n) is 5.58. The third kappa shape index (κ3) is 2.64. The molecule has 1 aromatic rings. The van der Waals surface area contributed by atoms with Gasteiger partial charge in [0, 0.05) is 38.7 Å². The molecule has 0 aliphatic carbocycles. The molecule has 1 aromatic heterocycles. The lowest BCUT2D eigenvalue weighted by Crippen LogP contribution is -2.54. The molecule has 2 atom stereocenters. The van der Waals surface area contributed by atoms with Crippen LogP contribution < -0.4 is 15.5 Å². The highest BCUT2D eigenvalue weighted by atomic mass is 19.1. The third-order valence-electron chi connectivity index (χ3n) is 4.27. The molecule has 7 heteroatoms. The van der Waals surface area contributed by atoms with Gasteiger partial charge in [-0.1, -0.05) is 0 Å². The van der Waals surface area contributed by atoms with Gasteiger partial charge in [-0.2, -0.15) is 0 Å². The molecular formula is C14H18F2N4O. The van der Waals surface area contributed by atoms with Crippen LogP contribution in [0.15, 0.2) is 6.07 Å². The van der Waals surface area contributed by atoms with Crippen LogP contribution in [-0.2, 0) is 4.79 Å². The summed E-state index contributed by atoms with van der Waals surface area (Å²) in [4.78, 5) is 17.3. The summed E-state index contributed by atoms with van der Waals surface area (Å²) in [6.07, 6.45) is 2.06. The molecule has 0 radical (unpaired) electrons. The van der Waals surface area contributed by atoms with E-state index in [4.69, 9.17) is 0 Å². The second-order valence-corrected chi connectivity index (χ2v) is 5.58. The van der Waals surface area contributed by atoms with Crippen molar-refractivity contribution in [3.05, 3.63) is 17.7 Å². The lowest BCUT2D eigenvalue weighted by atomic mass is 9.85. The smallest absolute Gasteiger partial charge is 0.220 e. The van der Waals surface area contributed by atoms with E-state index >= 15 is 0 Å². The summed E-state index contributed by atoms with van der Waals surface area (Å²) in [5.41, 5.74) is 0. The van der Waals surface area contributed by atoms with Gasteiger partial charge in [0.05, 0.1) is 0 Å². The van der Waals surface area contributed by atoms with Crippen molar-refractivity contribution in [1.82, 2.24) is 10.3 Å². The SMILES string of the molecule is CNc1nc(N2CCC3NC(=O)CCC3C2)c(F)cc1F. The summed E-state index contributed by atoms with van der Waals surface area (Å²) >= 11 is 0. The fourth-order valence-electron chi connectivity index (χ4n) is 3.16. The van der Waals surface area contributed by atoms with Crippen molar-refractivity contribution < 1.29 is 13.6 Å². The van der Waals surface area contributed by atoms with Crippen molar-refractivity contribution in [3.63, 3.8) is 0 Å². The fourth-order valence-corrected chi connectivity index (χ4v) is 3.16. The van der Waals surface area contributed by atoms with E-state index in [1.807, 2.05) is 4.90 Å². The van der Waals surface area contributed by atoms with Crippen molar-refractivity contribution in [2.75, 3.05) is 30.4 Å². The highest BCUT2D eigenvalue weighted by Gasteiger charge is 2.35. The fraction of sp³-hybridized carbons (Fsp3) is 0.571. The van der Waals surface area contributed by atoms with E-state index in [9.17, 15) is 13.6 Å². The number of piperidine rings is 2. The number of fused-ring (bicyclic) bond motifs is 1. The van der Waals surface area contributed by atoms with Crippen LogP contribution >= 0.6 is 0 Å². The van der Waals surface area contributed by atoms with Gasteiger partial charge in [-0.3, -0.25) is 4.79 Å². The summed E-state index contributed by atoms with van der Waals surface area (Å²) < 4.78 is 27.5. The molecular weight excluding hydrogens is 278 g/mol. The lowest BCUT2D eigenvalue weighted by molar-refractivity contribution is -0.124. The quantitative estimate of drug-likeness (QED) is 0.868. The number of nitrogens with one attached hydrogen (secondary N) is 2. The van der Waals surface area contributed by atoms with Crippen LogP contribution in [0.2, 0.25) is 0 Å². The molecule has 0 saturated carbocycles. The summed E-state index contributed by atoms with van der Waals surface area (Å²) in [6, 6.07) is 1.03. The van der Waals surface area contributed by atoms with Crippen molar-refractivity contribution in [2.45, 2.75) is 25.3 Å². The summed E-state index contributed by atoms with van der Waals surface area (Å²) in [7, 11) is 1.55. The Kier molecular flexibility index (Phi) is 3.65. The average molecular weight is 296 g/mol. The van der Waals surface area contributed by atoms with Crippen LogP contribution in [-0.4, -0.2) is 37.1 Å². The molecule has 3 rings (SSSR count). The minimum Gasteiger partial charge on any atom is -0.371 e. The molecule has 2 aliphatic heterocycles. The Balaban J connectivity index is 1.81. The Labute approximate surface area is 121 Å². The monoisotopic (exact) mass is 296 g/mol. The van der Waals surface area contributed by atoms with Gasteiger partial charge < -0.3 is 15.5 Å². The predicted octanol–water partition coefficient (Wildman–Crippen LogP) is 1.51. The minimum absolute atomic E-state index is 0.0467. The van der Waals surface area contributed by atoms with Gasteiger partial charge in [0.25, 0.3) is 0 Å². The maximum absolute atomic E-state index is 14.0. The average Bonchev–Trinajstić information content (AvgIpc) is 2.47. The molecule has 21 heavy (non-hydrogen) atoms. The van der Waals surface area contributed by atoms with Crippen LogP contribution in [0.25, 0.3) is 0 Å². The molecule has 2 N–H and O–H groups in total. The van der Waals surface area contributed by atoms with Crippen LogP contribution in [0.4, 0.5) is 20.4 Å². The zero-order chi connectivity index (χ0) is 15.0. The third-order valence-corrected chi connectivity index (χ3v) is 4.27. The first-order valence-electron chi connectivity index (χ1n) is 7.16. The summed E-state index contributed by atoms with van der Waals surface area (Å²) in [5.74, 6) is -0.737. The predicted molar refractivity (Wildman–Crippen MR) is 75.2 cm³/mol. The molecule has 2 fully saturated rings. The number of pyridine rings is 1. The first kappa shape index (κ1) is 14.0. The lowest BCUT2D eigenvalue weighted by Gasteiger charge is -2.42. The van der Waals surface area contributed by atoms with Crippen molar-refractivity contribution in [2.24, 2.45) is 5.92 Å². The second kappa shape index (κ2) is 5.46. The number of hydrogen-bond acceptors (Lipinski definition) is 4. The van der Waals surface area contributed by atoms with E-state index in [2.05, 4.69) is 15.6 Å². The van der Waals surface area contributed by atoms with Gasteiger partial charge in [0.2, 0.25) is 5.91 Å². The number of carbonyl (C=O) groups is 1. The van der Waals surface area contributed by atoms with Crippen molar-refractivity contribution in [3.8, 4) is 0 Å². The zero-order valence-electron chi connectivity index (χ0n) is 11.8. The standard InChI is InChI=1S/C14H18F2N4O/c1-17-13-9(15)6-10(16)14(19-13)20-5-4-11-8(7-20)2-3-12(21)18-11/h6,8,11H,2-5,7H2,1H3,(H,17,19)(H,18,21). The number of amides is 1. The topological polar surface area (TPSA) is 57.3 Å². The maximum Gasteiger partial charge on any atom is 0.220 e. The molecule has 5 nitrogen and oxygen atoms in total. The van der Waals surface area contributed by atoms with E-state index in [0.29, 0.717) is 25.4 Å². The van der Waals surface area contributed by atoms with Crippen molar-refractivity contribution in [1.29, 1.82) is 0 Å². The largest absolute Gasteiger partial charge is 0.371 e. The molecule has 0 bridgehead atoms.